The van der Waals surface area contributed by atoms with Gasteiger partial charge in [0.2, 0.25) is 5.91 Å². The maximum atomic E-state index is 13.0. The average molecular weight is 350 g/mol. The fraction of sp³-hybridized carbons (Fsp3) is 0.235. The van der Waals surface area contributed by atoms with E-state index in [2.05, 4.69) is 15.6 Å². The highest BCUT2D eigenvalue weighted by atomic mass is 35.5. The van der Waals surface area contributed by atoms with Crippen LogP contribution < -0.4 is 10.6 Å². The Kier molecular flexibility index (Phi) is 6.69. The number of benzene rings is 1. The maximum absolute atomic E-state index is 13.0. The van der Waals surface area contributed by atoms with Gasteiger partial charge >= 0.3 is 0 Å². The zero-order valence-electron chi connectivity index (χ0n) is 12.9. The number of nitrogens with zero attached hydrogens (tertiary/aromatic N) is 1. The van der Waals surface area contributed by atoms with Gasteiger partial charge in [-0.25, -0.2) is 4.39 Å². The van der Waals surface area contributed by atoms with Crippen LogP contribution in [-0.2, 0) is 11.2 Å². The van der Waals surface area contributed by atoms with E-state index in [1.807, 2.05) is 0 Å². The molecular formula is C17H17ClFN3O2. The van der Waals surface area contributed by atoms with E-state index in [1.54, 1.807) is 18.2 Å². The molecule has 7 heteroatoms. The fourth-order valence-electron chi connectivity index (χ4n) is 1.99. The van der Waals surface area contributed by atoms with Crippen LogP contribution in [0.4, 0.5) is 4.39 Å². The van der Waals surface area contributed by atoms with Gasteiger partial charge in [0.15, 0.2) is 0 Å². The van der Waals surface area contributed by atoms with E-state index in [9.17, 15) is 14.0 Å². The van der Waals surface area contributed by atoms with Gasteiger partial charge in [-0.1, -0.05) is 17.7 Å². The summed E-state index contributed by atoms with van der Waals surface area (Å²) in [5, 5.41) is 5.94. The lowest BCUT2D eigenvalue weighted by Crippen LogP contribution is -2.30. The molecule has 1 aromatic carbocycles. The van der Waals surface area contributed by atoms with Crippen LogP contribution in [-0.4, -0.2) is 29.9 Å². The topological polar surface area (TPSA) is 71.1 Å². The van der Waals surface area contributed by atoms with Crippen molar-refractivity contribution in [2.45, 2.75) is 12.8 Å². The maximum Gasteiger partial charge on any atom is 0.251 e. The third-order valence-corrected chi connectivity index (χ3v) is 3.40. The summed E-state index contributed by atoms with van der Waals surface area (Å²) in [6.07, 6.45) is 2.24. The Labute approximate surface area is 144 Å². The van der Waals surface area contributed by atoms with Crippen LogP contribution in [0.5, 0.6) is 0 Å². The summed E-state index contributed by atoms with van der Waals surface area (Å²) in [6.45, 7) is 0.810. The first-order valence-electron chi connectivity index (χ1n) is 7.45. The molecule has 2 N–H and O–H groups in total. The number of pyridine rings is 1. The van der Waals surface area contributed by atoms with E-state index in [-0.39, 0.29) is 23.8 Å². The van der Waals surface area contributed by atoms with Crippen molar-refractivity contribution in [1.82, 2.24) is 15.6 Å². The van der Waals surface area contributed by atoms with E-state index in [4.69, 9.17) is 11.6 Å². The quantitative estimate of drug-likeness (QED) is 0.754. The zero-order valence-corrected chi connectivity index (χ0v) is 13.6. The van der Waals surface area contributed by atoms with Crippen molar-refractivity contribution in [3.63, 3.8) is 0 Å². The summed E-state index contributed by atoms with van der Waals surface area (Å²) in [7, 11) is 0. The number of aromatic nitrogens is 1. The second kappa shape index (κ2) is 8.98. The highest BCUT2D eigenvalue weighted by Crippen LogP contribution is 2.06. The predicted octanol–water partition coefficient (Wildman–Crippen LogP) is 2.35. The van der Waals surface area contributed by atoms with Crippen LogP contribution >= 0.6 is 11.6 Å². The Balaban J connectivity index is 1.63. The minimum Gasteiger partial charge on any atom is -0.356 e. The lowest BCUT2D eigenvalue weighted by molar-refractivity contribution is -0.120. The Morgan fingerprint density at radius 1 is 1.12 bits per heavy atom. The van der Waals surface area contributed by atoms with Gasteiger partial charge in [0, 0.05) is 30.5 Å². The van der Waals surface area contributed by atoms with Gasteiger partial charge in [-0.15, -0.1) is 0 Å². The number of carbonyl (C=O) groups excluding carboxylic acids is 2. The molecule has 0 fully saturated rings. The van der Waals surface area contributed by atoms with E-state index >= 15 is 0 Å². The third kappa shape index (κ3) is 5.96. The van der Waals surface area contributed by atoms with E-state index in [0.29, 0.717) is 30.2 Å². The molecule has 2 aromatic rings. The van der Waals surface area contributed by atoms with Gasteiger partial charge in [0.25, 0.3) is 5.91 Å². The molecule has 0 saturated heterocycles. The van der Waals surface area contributed by atoms with Crippen molar-refractivity contribution in [1.29, 1.82) is 0 Å². The Morgan fingerprint density at radius 3 is 2.62 bits per heavy atom. The summed E-state index contributed by atoms with van der Waals surface area (Å²) in [5.41, 5.74) is 0.907. The first kappa shape index (κ1) is 17.9. The lowest BCUT2D eigenvalue weighted by atomic mass is 10.2. The molecule has 24 heavy (non-hydrogen) atoms. The summed E-state index contributed by atoms with van der Waals surface area (Å²) in [5.74, 6) is -0.946. The van der Waals surface area contributed by atoms with Crippen molar-refractivity contribution in [2.24, 2.45) is 0 Å². The van der Waals surface area contributed by atoms with E-state index < -0.39 is 5.82 Å². The van der Waals surface area contributed by atoms with Gasteiger partial charge in [-0.05, 0) is 36.8 Å². The van der Waals surface area contributed by atoms with Crippen LogP contribution in [0.25, 0.3) is 0 Å². The van der Waals surface area contributed by atoms with Crippen molar-refractivity contribution >= 4 is 23.4 Å². The standard InChI is InChI=1S/C17H17ClFN3O2/c18-13-5-6-15(22-11-13)10-16(23)20-7-2-8-21-17(24)12-3-1-4-14(19)9-12/h1,3-6,9,11H,2,7-8,10H2,(H,20,23)(H,21,24). The summed E-state index contributed by atoms with van der Waals surface area (Å²) < 4.78 is 13.0. The molecule has 126 valence electrons. The number of amides is 2. The minimum absolute atomic E-state index is 0.152. The molecular weight excluding hydrogens is 333 g/mol. The SMILES string of the molecule is O=C(Cc1ccc(Cl)cn1)NCCCNC(=O)c1cccc(F)c1. The second-order valence-electron chi connectivity index (χ2n) is 5.11. The van der Waals surface area contributed by atoms with Crippen LogP contribution in [0.15, 0.2) is 42.6 Å². The Bertz CT molecular complexity index is 707. The van der Waals surface area contributed by atoms with Crippen LogP contribution in [0, 0.1) is 5.82 Å². The van der Waals surface area contributed by atoms with Crippen molar-refractivity contribution in [3.05, 3.63) is 64.7 Å². The molecule has 0 bridgehead atoms. The molecule has 2 rings (SSSR count). The van der Waals surface area contributed by atoms with Crippen LogP contribution in [0.3, 0.4) is 0 Å². The van der Waals surface area contributed by atoms with Gasteiger partial charge in [0.1, 0.15) is 5.82 Å². The van der Waals surface area contributed by atoms with Gasteiger partial charge in [-0.3, -0.25) is 14.6 Å². The van der Waals surface area contributed by atoms with Crippen molar-refractivity contribution < 1.29 is 14.0 Å². The zero-order chi connectivity index (χ0) is 17.4. The monoisotopic (exact) mass is 349 g/mol. The first-order valence-corrected chi connectivity index (χ1v) is 7.83. The molecule has 0 aliphatic carbocycles. The average Bonchev–Trinajstić information content (AvgIpc) is 2.56. The molecule has 0 atom stereocenters. The fourth-order valence-corrected chi connectivity index (χ4v) is 2.10. The molecule has 0 saturated carbocycles. The molecule has 2 amide bonds. The Morgan fingerprint density at radius 2 is 1.92 bits per heavy atom. The highest BCUT2D eigenvalue weighted by Gasteiger charge is 2.06. The van der Waals surface area contributed by atoms with Crippen molar-refractivity contribution in [3.8, 4) is 0 Å². The summed E-state index contributed by atoms with van der Waals surface area (Å²) in [4.78, 5) is 27.6. The first-order chi connectivity index (χ1) is 11.5. The van der Waals surface area contributed by atoms with Crippen LogP contribution in [0.2, 0.25) is 5.02 Å². The van der Waals surface area contributed by atoms with Gasteiger partial charge in [0.05, 0.1) is 11.4 Å². The van der Waals surface area contributed by atoms with Crippen molar-refractivity contribution in [2.75, 3.05) is 13.1 Å². The Hall–Kier alpha value is -2.47. The second-order valence-corrected chi connectivity index (χ2v) is 5.55. The molecule has 0 aliphatic rings. The number of hydrogen-bond donors (Lipinski definition) is 2. The molecule has 0 radical (unpaired) electrons. The molecule has 0 unspecified atom stereocenters. The van der Waals surface area contributed by atoms with Gasteiger partial charge < -0.3 is 10.6 Å². The molecule has 1 aromatic heterocycles. The minimum atomic E-state index is -0.453. The molecule has 1 heterocycles. The number of hydrogen-bond acceptors (Lipinski definition) is 3. The van der Waals surface area contributed by atoms with E-state index in [0.717, 1.165) is 0 Å². The molecule has 0 aliphatic heterocycles. The predicted molar refractivity (Wildman–Crippen MR) is 89.3 cm³/mol. The van der Waals surface area contributed by atoms with Crippen LogP contribution in [0.1, 0.15) is 22.5 Å². The van der Waals surface area contributed by atoms with Gasteiger partial charge in [-0.2, -0.15) is 0 Å². The molecule has 0 spiro atoms. The number of rotatable bonds is 7. The summed E-state index contributed by atoms with van der Waals surface area (Å²) in [6, 6.07) is 8.85. The highest BCUT2D eigenvalue weighted by molar-refractivity contribution is 6.30. The third-order valence-electron chi connectivity index (χ3n) is 3.18. The van der Waals surface area contributed by atoms with E-state index in [1.165, 1.54) is 24.4 Å². The lowest BCUT2D eigenvalue weighted by Gasteiger charge is -2.07. The summed E-state index contributed by atoms with van der Waals surface area (Å²) >= 11 is 5.73. The smallest absolute Gasteiger partial charge is 0.251 e. The number of halogens is 2. The normalized spacial score (nSPS) is 10.2. The number of carbonyl (C=O) groups is 2. The number of nitrogens with one attached hydrogen (secondary N) is 2. The molecule has 5 nitrogen and oxygen atoms in total. The largest absolute Gasteiger partial charge is 0.356 e.